The number of para-hydroxylation sites is 1. The van der Waals surface area contributed by atoms with E-state index in [9.17, 15) is 21.6 Å². The molecule has 0 saturated carbocycles. The smallest absolute Gasteiger partial charge is 0.404 e. The SMILES string of the molecule is N[C@@H]1CCCN(S(=O)(=O)c2ccccc2OC(F)(F)F)C1. The fourth-order valence-corrected chi connectivity index (χ4v) is 3.85. The number of ether oxygens (including phenoxy) is 1. The number of sulfonamides is 1. The van der Waals surface area contributed by atoms with Crippen LogP contribution >= 0.6 is 0 Å². The zero-order valence-corrected chi connectivity index (χ0v) is 11.8. The number of benzene rings is 1. The number of halogens is 3. The number of nitrogens with zero attached hydrogens (tertiary/aromatic N) is 1. The lowest BCUT2D eigenvalue weighted by Gasteiger charge is -2.30. The first-order valence-corrected chi connectivity index (χ1v) is 7.74. The highest BCUT2D eigenvalue weighted by molar-refractivity contribution is 7.89. The molecule has 21 heavy (non-hydrogen) atoms. The van der Waals surface area contributed by atoms with E-state index in [2.05, 4.69) is 4.74 Å². The second-order valence-electron chi connectivity index (χ2n) is 4.76. The Labute approximate surface area is 120 Å². The number of hydrogen-bond acceptors (Lipinski definition) is 4. The standard InChI is InChI=1S/C12H15F3N2O3S/c13-12(14,15)20-10-5-1-2-6-11(10)21(18,19)17-7-3-4-9(16)8-17/h1-2,5-6,9H,3-4,7-8,16H2/t9-/m1/s1. The second-order valence-corrected chi connectivity index (χ2v) is 6.67. The quantitative estimate of drug-likeness (QED) is 0.918. The molecule has 1 aromatic rings. The van der Waals surface area contributed by atoms with Gasteiger partial charge >= 0.3 is 6.36 Å². The van der Waals surface area contributed by atoms with Crippen molar-refractivity contribution >= 4 is 10.0 Å². The minimum Gasteiger partial charge on any atom is -0.404 e. The van der Waals surface area contributed by atoms with E-state index in [0.717, 1.165) is 16.4 Å². The monoisotopic (exact) mass is 324 g/mol. The van der Waals surface area contributed by atoms with Crippen LogP contribution in [0.1, 0.15) is 12.8 Å². The van der Waals surface area contributed by atoms with Crippen molar-refractivity contribution < 1.29 is 26.3 Å². The van der Waals surface area contributed by atoms with Crippen LogP contribution in [0.3, 0.4) is 0 Å². The van der Waals surface area contributed by atoms with Gasteiger partial charge in [0.15, 0.2) is 0 Å². The molecule has 1 atom stereocenters. The van der Waals surface area contributed by atoms with Crippen LogP contribution in [0.25, 0.3) is 0 Å². The van der Waals surface area contributed by atoms with E-state index in [1.165, 1.54) is 12.1 Å². The zero-order valence-electron chi connectivity index (χ0n) is 11.0. The van der Waals surface area contributed by atoms with E-state index in [1.807, 2.05) is 0 Å². The molecule has 0 spiro atoms. The first kappa shape index (κ1) is 16.1. The van der Waals surface area contributed by atoms with Crippen molar-refractivity contribution in [1.82, 2.24) is 4.31 Å². The Morgan fingerprint density at radius 2 is 1.95 bits per heavy atom. The number of alkyl halides is 3. The first-order valence-electron chi connectivity index (χ1n) is 6.30. The minimum atomic E-state index is -4.95. The summed E-state index contributed by atoms with van der Waals surface area (Å²) in [4.78, 5) is -0.503. The molecule has 2 rings (SSSR count). The molecule has 5 nitrogen and oxygen atoms in total. The van der Waals surface area contributed by atoms with Gasteiger partial charge in [-0.3, -0.25) is 0 Å². The Morgan fingerprint density at radius 1 is 1.29 bits per heavy atom. The van der Waals surface area contributed by atoms with Gasteiger partial charge in [-0.15, -0.1) is 13.2 Å². The molecule has 0 aromatic heterocycles. The normalized spacial score (nSPS) is 21.2. The molecule has 0 radical (unpaired) electrons. The van der Waals surface area contributed by atoms with Crippen molar-refractivity contribution in [2.75, 3.05) is 13.1 Å². The van der Waals surface area contributed by atoms with Crippen LogP contribution in [0.5, 0.6) is 5.75 Å². The Bertz CT molecular complexity index is 604. The van der Waals surface area contributed by atoms with Crippen LogP contribution in [0, 0.1) is 0 Å². The molecule has 0 aliphatic carbocycles. The average Bonchev–Trinajstić information content (AvgIpc) is 2.37. The summed E-state index contributed by atoms with van der Waals surface area (Å²) in [6.07, 6.45) is -3.70. The van der Waals surface area contributed by atoms with E-state index < -0.39 is 27.0 Å². The van der Waals surface area contributed by atoms with Crippen LogP contribution in [-0.2, 0) is 10.0 Å². The third-order valence-corrected chi connectivity index (χ3v) is 5.02. The first-order chi connectivity index (χ1) is 9.70. The highest BCUT2D eigenvalue weighted by atomic mass is 32.2. The molecule has 0 amide bonds. The van der Waals surface area contributed by atoms with Gasteiger partial charge in [0.2, 0.25) is 10.0 Å². The Balaban J connectivity index is 2.36. The highest BCUT2D eigenvalue weighted by Crippen LogP contribution is 2.32. The van der Waals surface area contributed by atoms with Crippen molar-refractivity contribution in [1.29, 1.82) is 0 Å². The predicted octanol–water partition coefficient (Wildman–Crippen LogP) is 1.70. The third kappa shape index (κ3) is 3.86. The van der Waals surface area contributed by atoms with E-state index in [4.69, 9.17) is 5.73 Å². The van der Waals surface area contributed by atoms with E-state index >= 15 is 0 Å². The van der Waals surface area contributed by atoms with E-state index in [0.29, 0.717) is 12.8 Å². The molecular formula is C12H15F3N2O3S. The maximum Gasteiger partial charge on any atom is 0.573 e. The van der Waals surface area contributed by atoms with Gasteiger partial charge in [0.05, 0.1) is 0 Å². The zero-order chi connectivity index (χ0) is 15.7. The van der Waals surface area contributed by atoms with Crippen LogP contribution in [-0.4, -0.2) is 38.2 Å². The van der Waals surface area contributed by atoms with Gasteiger partial charge in [0.1, 0.15) is 10.6 Å². The summed E-state index contributed by atoms with van der Waals surface area (Å²) in [5.74, 6) is -0.732. The fourth-order valence-electron chi connectivity index (χ4n) is 2.20. The summed E-state index contributed by atoms with van der Waals surface area (Å²) in [5.41, 5.74) is 5.72. The number of piperidine rings is 1. The van der Waals surface area contributed by atoms with Gasteiger partial charge < -0.3 is 10.5 Å². The van der Waals surface area contributed by atoms with Gasteiger partial charge in [0, 0.05) is 19.1 Å². The number of nitrogens with two attached hydrogens (primary N) is 1. The number of rotatable bonds is 3. The summed E-state index contributed by atoms with van der Waals surface area (Å²) in [5, 5.41) is 0. The summed E-state index contributed by atoms with van der Waals surface area (Å²) in [6, 6.07) is 4.38. The molecule has 1 aromatic carbocycles. The lowest BCUT2D eigenvalue weighted by atomic mass is 10.1. The van der Waals surface area contributed by atoms with Gasteiger partial charge in [-0.1, -0.05) is 12.1 Å². The summed E-state index contributed by atoms with van der Waals surface area (Å²) in [6.45, 7) is 0.319. The second kappa shape index (κ2) is 5.82. The fraction of sp³-hybridized carbons (Fsp3) is 0.500. The highest BCUT2D eigenvalue weighted by Gasteiger charge is 2.36. The molecule has 1 saturated heterocycles. The predicted molar refractivity (Wildman–Crippen MR) is 69.1 cm³/mol. The van der Waals surface area contributed by atoms with Crippen molar-refractivity contribution in [3.05, 3.63) is 24.3 Å². The number of hydrogen-bond donors (Lipinski definition) is 1. The molecule has 1 fully saturated rings. The van der Waals surface area contributed by atoms with Crippen molar-refractivity contribution in [3.63, 3.8) is 0 Å². The van der Waals surface area contributed by atoms with Crippen molar-refractivity contribution in [3.8, 4) is 5.75 Å². The molecule has 2 N–H and O–H groups in total. The van der Waals surface area contributed by atoms with Crippen LogP contribution in [0.2, 0.25) is 0 Å². The maximum atomic E-state index is 12.5. The van der Waals surface area contributed by atoms with Gasteiger partial charge in [-0.2, -0.15) is 4.31 Å². The minimum absolute atomic E-state index is 0.0860. The molecule has 1 aliphatic heterocycles. The molecule has 118 valence electrons. The molecular weight excluding hydrogens is 309 g/mol. The lowest BCUT2D eigenvalue weighted by Crippen LogP contribution is -2.45. The van der Waals surface area contributed by atoms with Crippen LogP contribution in [0.15, 0.2) is 29.2 Å². The summed E-state index contributed by atoms with van der Waals surface area (Å²) < 4.78 is 66.9. The molecule has 1 aliphatic rings. The third-order valence-electron chi connectivity index (χ3n) is 3.11. The summed E-state index contributed by atoms with van der Waals surface area (Å²) in [7, 11) is -4.07. The van der Waals surface area contributed by atoms with E-state index in [1.54, 1.807) is 0 Å². The Kier molecular flexibility index (Phi) is 4.45. The van der Waals surface area contributed by atoms with E-state index in [-0.39, 0.29) is 19.1 Å². The van der Waals surface area contributed by atoms with Crippen LogP contribution < -0.4 is 10.5 Å². The summed E-state index contributed by atoms with van der Waals surface area (Å²) >= 11 is 0. The van der Waals surface area contributed by atoms with Gasteiger partial charge in [0.25, 0.3) is 0 Å². The molecule has 9 heteroatoms. The maximum absolute atomic E-state index is 12.5. The van der Waals surface area contributed by atoms with Crippen molar-refractivity contribution in [2.45, 2.75) is 30.1 Å². The van der Waals surface area contributed by atoms with Gasteiger partial charge in [-0.25, -0.2) is 8.42 Å². The Morgan fingerprint density at radius 3 is 2.57 bits per heavy atom. The topological polar surface area (TPSA) is 72.6 Å². The van der Waals surface area contributed by atoms with Gasteiger partial charge in [-0.05, 0) is 25.0 Å². The lowest BCUT2D eigenvalue weighted by molar-refractivity contribution is -0.275. The average molecular weight is 324 g/mol. The van der Waals surface area contributed by atoms with Crippen molar-refractivity contribution in [2.24, 2.45) is 5.73 Å². The molecule has 1 heterocycles. The molecule has 0 unspecified atom stereocenters. The molecule has 0 bridgehead atoms. The Hall–Kier alpha value is -1.32. The largest absolute Gasteiger partial charge is 0.573 e. The van der Waals surface area contributed by atoms with Crippen LogP contribution in [0.4, 0.5) is 13.2 Å².